The van der Waals surface area contributed by atoms with E-state index in [1.807, 2.05) is 0 Å². The Hall–Kier alpha value is -1.07. The molecule has 0 bridgehead atoms. The fourth-order valence-electron chi connectivity index (χ4n) is 2.07. The highest BCUT2D eigenvalue weighted by Crippen LogP contribution is 2.27. The van der Waals surface area contributed by atoms with Crippen LogP contribution in [0.15, 0.2) is 47.4 Å². The quantitative estimate of drug-likeness (QED) is 0.897. The van der Waals surface area contributed by atoms with Crippen molar-refractivity contribution in [3.63, 3.8) is 0 Å². The van der Waals surface area contributed by atoms with E-state index in [9.17, 15) is 8.42 Å². The molecular formula is C15H15Cl2NO2S. The molecule has 0 radical (unpaired) electrons. The number of benzene rings is 2. The van der Waals surface area contributed by atoms with E-state index < -0.39 is 16.1 Å². The largest absolute Gasteiger partial charge is 0.241 e. The second-order valence-corrected chi connectivity index (χ2v) is 7.30. The van der Waals surface area contributed by atoms with E-state index in [-0.39, 0.29) is 4.90 Å². The number of nitrogens with one attached hydrogen (secondary N) is 1. The second kappa shape index (κ2) is 6.36. The Kier molecular flexibility index (Phi) is 4.94. The van der Waals surface area contributed by atoms with Crippen LogP contribution in [0.25, 0.3) is 0 Å². The van der Waals surface area contributed by atoms with Crippen LogP contribution in [0.5, 0.6) is 0 Å². The van der Waals surface area contributed by atoms with Gasteiger partial charge in [-0.05, 0) is 43.2 Å². The van der Waals surface area contributed by atoms with E-state index in [1.54, 1.807) is 56.3 Å². The number of rotatable bonds is 4. The van der Waals surface area contributed by atoms with E-state index >= 15 is 0 Å². The fourth-order valence-corrected chi connectivity index (χ4v) is 4.11. The van der Waals surface area contributed by atoms with Crippen LogP contribution < -0.4 is 4.72 Å². The van der Waals surface area contributed by atoms with Gasteiger partial charge < -0.3 is 0 Å². The molecule has 1 unspecified atom stereocenters. The zero-order valence-electron chi connectivity index (χ0n) is 11.6. The molecular weight excluding hydrogens is 329 g/mol. The maximum absolute atomic E-state index is 12.4. The van der Waals surface area contributed by atoms with Gasteiger partial charge in [0, 0.05) is 16.1 Å². The number of hydrogen-bond acceptors (Lipinski definition) is 2. The summed E-state index contributed by atoms with van der Waals surface area (Å²) in [4.78, 5) is 0.266. The van der Waals surface area contributed by atoms with Crippen LogP contribution >= 0.6 is 23.2 Å². The normalized spacial score (nSPS) is 13.1. The Morgan fingerprint density at radius 2 is 1.76 bits per heavy atom. The second-order valence-electron chi connectivity index (χ2n) is 4.77. The third-order valence-corrected chi connectivity index (χ3v) is 5.41. The zero-order chi connectivity index (χ0) is 15.6. The highest BCUT2D eigenvalue weighted by Gasteiger charge is 2.21. The lowest BCUT2D eigenvalue weighted by Gasteiger charge is -2.17. The van der Waals surface area contributed by atoms with Gasteiger partial charge in [0.2, 0.25) is 10.0 Å². The standard InChI is InChI=1S/C15H15Cl2NO2S/c1-10-5-3-4-6-15(10)21(19,20)18-11(2)13-8-7-12(16)9-14(13)17/h3-9,11,18H,1-2H3. The van der Waals surface area contributed by atoms with Crippen LogP contribution in [0.3, 0.4) is 0 Å². The van der Waals surface area contributed by atoms with E-state index in [4.69, 9.17) is 23.2 Å². The van der Waals surface area contributed by atoms with Crippen molar-refractivity contribution in [3.05, 3.63) is 63.6 Å². The van der Waals surface area contributed by atoms with Gasteiger partial charge in [0.05, 0.1) is 4.90 Å². The minimum absolute atomic E-state index is 0.266. The van der Waals surface area contributed by atoms with Gasteiger partial charge in [0.1, 0.15) is 0 Å². The average Bonchev–Trinajstić information content (AvgIpc) is 2.38. The third-order valence-electron chi connectivity index (χ3n) is 3.14. The summed E-state index contributed by atoms with van der Waals surface area (Å²) in [5.74, 6) is 0. The van der Waals surface area contributed by atoms with Crippen LogP contribution in [-0.4, -0.2) is 8.42 Å². The lowest BCUT2D eigenvalue weighted by Crippen LogP contribution is -2.27. The molecule has 2 aromatic rings. The van der Waals surface area contributed by atoms with Crippen molar-refractivity contribution < 1.29 is 8.42 Å². The molecule has 0 aliphatic rings. The van der Waals surface area contributed by atoms with Crippen molar-refractivity contribution in [1.82, 2.24) is 4.72 Å². The molecule has 0 aliphatic heterocycles. The molecule has 0 saturated carbocycles. The van der Waals surface area contributed by atoms with Gasteiger partial charge >= 0.3 is 0 Å². The lowest BCUT2D eigenvalue weighted by molar-refractivity contribution is 0.566. The van der Waals surface area contributed by atoms with Crippen LogP contribution in [0.4, 0.5) is 0 Å². The van der Waals surface area contributed by atoms with Gasteiger partial charge in [0.25, 0.3) is 0 Å². The van der Waals surface area contributed by atoms with Gasteiger partial charge in [-0.15, -0.1) is 0 Å². The molecule has 0 aliphatic carbocycles. The summed E-state index contributed by atoms with van der Waals surface area (Å²) in [5.41, 5.74) is 1.37. The minimum atomic E-state index is -3.61. The van der Waals surface area contributed by atoms with Crippen LogP contribution in [0.1, 0.15) is 24.1 Å². The van der Waals surface area contributed by atoms with E-state index in [1.165, 1.54) is 0 Å². The summed E-state index contributed by atoms with van der Waals surface area (Å²) in [6.45, 7) is 3.50. The van der Waals surface area contributed by atoms with Crippen molar-refractivity contribution in [2.75, 3.05) is 0 Å². The smallest absolute Gasteiger partial charge is 0.207 e. The average molecular weight is 344 g/mol. The maximum atomic E-state index is 12.4. The molecule has 0 saturated heterocycles. The van der Waals surface area contributed by atoms with Crippen molar-refractivity contribution >= 4 is 33.2 Å². The molecule has 0 spiro atoms. The number of hydrogen-bond donors (Lipinski definition) is 1. The van der Waals surface area contributed by atoms with Gasteiger partial charge in [-0.2, -0.15) is 0 Å². The summed E-state index contributed by atoms with van der Waals surface area (Å²) >= 11 is 12.0. The molecule has 0 amide bonds. The van der Waals surface area contributed by atoms with E-state index in [0.717, 1.165) is 0 Å². The predicted octanol–water partition coefficient (Wildman–Crippen LogP) is 4.34. The lowest BCUT2D eigenvalue weighted by atomic mass is 10.1. The first kappa shape index (κ1) is 16.3. The summed E-state index contributed by atoms with van der Waals surface area (Å²) in [5, 5.41) is 0.945. The van der Waals surface area contributed by atoms with Gasteiger partial charge in [0.15, 0.2) is 0 Å². The van der Waals surface area contributed by atoms with Crippen LogP contribution in [0.2, 0.25) is 10.0 Å². The van der Waals surface area contributed by atoms with Gasteiger partial charge in [-0.3, -0.25) is 0 Å². The van der Waals surface area contributed by atoms with Gasteiger partial charge in [-0.25, -0.2) is 13.1 Å². The first-order valence-electron chi connectivity index (χ1n) is 6.34. The van der Waals surface area contributed by atoms with Gasteiger partial charge in [-0.1, -0.05) is 47.5 Å². The highest BCUT2D eigenvalue weighted by atomic mass is 35.5. The topological polar surface area (TPSA) is 46.2 Å². The highest BCUT2D eigenvalue weighted by molar-refractivity contribution is 7.89. The zero-order valence-corrected chi connectivity index (χ0v) is 13.9. The van der Waals surface area contributed by atoms with Crippen molar-refractivity contribution in [1.29, 1.82) is 0 Å². The third kappa shape index (κ3) is 3.77. The first-order chi connectivity index (χ1) is 9.81. The Bertz CT molecular complexity index is 760. The van der Waals surface area contributed by atoms with Crippen molar-refractivity contribution in [3.8, 4) is 0 Å². The molecule has 1 atom stereocenters. The Labute approximate surface area is 135 Å². The first-order valence-corrected chi connectivity index (χ1v) is 8.58. The molecule has 6 heteroatoms. The molecule has 0 aromatic heterocycles. The molecule has 3 nitrogen and oxygen atoms in total. The number of sulfonamides is 1. The monoisotopic (exact) mass is 343 g/mol. The SMILES string of the molecule is Cc1ccccc1S(=O)(=O)NC(C)c1ccc(Cl)cc1Cl. The van der Waals surface area contributed by atoms with E-state index in [2.05, 4.69) is 4.72 Å². The number of halogens is 2. The molecule has 21 heavy (non-hydrogen) atoms. The minimum Gasteiger partial charge on any atom is -0.207 e. The molecule has 2 aromatic carbocycles. The van der Waals surface area contributed by atoms with Crippen LogP contribution in [-0.2, 0) is 10.0 Å². The maximum Gasteiger partial charge on any atom is 0.241 e. The summed E-state index contributed by atoms with van der Waals surface area (Å²) < 4.78 is 27.5. The summed E-state index contributed by atoms with van der Waals surface area (Å²) in [7, 11) is -3.61. The summed E-state index contributed by atoms with van der Waals surface area (Å²) in [6.07, 6.45) is 0. The molecule has 2 rings (SSSR count). The van der Waals surface area contributed by atoms with E-state index in [0.29, 0.717) is 21.2 Å². The Morgan fingerprint density at radius 3 is 2.38 bits per heavy atom. The molecule has 1 N–H and O–H groups in total. The molecule has 0 heterocycles. The van der Waals surface area contributed by atoms with Crippen molar-refractivity contribution in [2.45, 2.75) is 24.8 Å². The summed E-state index contributed by atoms with van der Waals surface area (Å²) in [6, 6.07) is 11.4. The molecule has 112 valence electrons. The van der Waals surface area contributed by atoms with Crippen molar-refractivity contribution in [2.24, 2.45) is 0 Å². The number of aryl methyl sites for hydroxylation is 1. The molecule has 0 fully saturated rings. The Morgan fingerprint density at radius 1 is 1.10 bits per heavy atom. The van der Waals surface area contributed by atoms with Crippen LogP contribution in [0, 0.1) is 6.92 Å². The Balaban J connectivity index is 2.30. The predicted molar refractivity (Wildman–Crippen MR) is 86.4 cm³/mol. The fraction of sp³-hybridized carbons (Fsp3) is 0.200.